The van der Waals surface area contributed by atoms with Gasteiger partial charge in [0.25, 0.3) is 5.91 Å². The minimum Gasteiger partial charge on any atom is -0.507 e. The molecule has 0 aliphatic heterocycles. The first-order chi connectivity index (χ1) is 9.99. The number of carbonyl (C=O) groups excluding carboxylic acids is 1. The molecule has 2 rings (SSSR count). The molecule has 0 fully saturated rings. The second-order valence-corrected chi connectivity index (χ2v) is 4.68. The number of aromatic hydroxyl groups is 1. The van der Waals surface area contributed by atoms with Crippen LogP contribution in [-0.2, 0) is 0 Å². The van der Waals surface area contributed by atoms with Crippen LogP contribution >= 0.6 is 0 Å². The van der Waals surface area contributed by atoms with Crippen molar-refractivity contribution in [3.63, 3.8) is 0 Å². The van der Waals surface area contributed by atoms with Crippen LogP contribution < -0.4 is 5.43 Å². The van der Waals surface area contributed by atoms with Gasteiger partial charge in [-0.3, -0.25) is 4.79 Å². The van der Waals surface area contributed by atoms with Crippen molar-refractivity contribution >= 4 is 12.1 Å². The highest BCUT2D eigenvalue weighted by atomic mass is 19.1. The monoisotopic (exact) mass is 286 g/mol. The van der Waals surface area contributed by atoms with Crippen molar-refractivity contribution in [2.75, 3.05) is 0 Å². The number of hydrogen-bond donors (Lipinski definition) is 2. The zero-order valence-electron chi connectivity index (χ0n) is 11.7. The molecule has 0 aromatic heterocycles. The molecule has 108 valence electrons. The quantitative estimate of drug-likeness (QED) is 0.673. The van der Waals surface area contributed by atoms with Crippen LogP contribution in [0.1, 0.15) is 27.0 Å². The lowest BCUT2D eigenvalue weighted by atomic mass is 10.1. The summed E-state index contributed by atoms with van der Waals surface area (Å²) in [5.41, 5.74) is 4.38. The number of nitrogens with one attached hydrogen (secondary N) is 1. The van der Waals surface area contributed by atoms with Crippen LogP contribution in [-0.4, -0.2) is 17.2 Å². The molecule has 2 aromatic rings. The number of benzene rings is 2. The average molecular weight is 286 g/mol. The fourth-order valence-electron chi connectivity index (χ4n) is 1.93. The van der Waals surface area contributed by atoms with Gasteiger partial charge in [0.1, 0.15) is 11.6 Å². The van der Waals surface area contributed by atoms with Gasteiger partial charge >= 0.3 is 0 Å². The van der Waals surface area contributed by atoms with E-state index in [0.29, 0.717) is 0 Å². The van der Waals surface area contributed by atoms with Gasteiger partial charge in [-0.25, -0.2) is 9.82 Å². The van der Waals surface area contributed by atoms with E-state index in [2.05, 4.69) is 10.5 Å². The fourth-order valence-corrected chi connectivity index (χ4v) is 1.93. The van der Waals surface area contributed by atoms with E-state index >= 15 is 0 Å². The van der Waals surface area contributed by atoms with Gasteiger partial charge in [-0.05, 0) is 54.8 Å². The summed E-state index contributed by atoms with van der Waals surface area (Å²) < 4.78 is 13.4. The van der Waals surface area contributed by atoms with Gasteiger partial charge in [0.2, 0.25) is 0 Å². The zero-order chi connectivity index (χ0) is 15.4. The van der Waals surface area contributed by atoms with Crippen LogP contribution in [0, 0.1) is 19.7 Å². The van der Waals surface area contributed by atoms with Gasteiger partial charge in [0.15, 0.2) is 0 Å². The average Bonchev–Trinajstić information content (AvgIpc) is 2.45. The number of rotatable bonds is 3. The third-order valence-corrected chi connectivity index (χ3v) is 3.01. The summed E-state index contributed by atoms with van der Waals surface area (Å²) in [6.07, 6.45) is 1.44. The van der Waals surface area contributed by atoms with Crippen LogP contribution in [0.3, 0.4) is 0 Å². The third-order valence-electron chi connectivity index (χ3n) is 3.01. The molecule has 0 atom stereocenters. The van der Waals surface area contributed by atoms with Crippen LogP contribution in [0.5, 0.6) is 5.75 Å². The number of phenols is 1. The summed E-state index contributed by atoms with van der Waals surface area (Å²) in [5, 5.41) is 13.5. The summed E-state index contributed by atoms with van der Waals surface area (Å²) in [5.74, 6) is -0.972. The van der Waals surface area contributed by atoms with Gasteiger partial charge in [-0.15, -0.1) is 0 Å². The third kappa shape index (κ3) is 3.45. The number of aryl methyl sites for hydroxylation is 2. The predicted molar refractivity (Wildman–Crippen MR) is 79.0 cm³/mol. The molecule has 0 radical (unpaired) electrons. The Bertz CT molecular complexity index is 688. The van der Waals surface area contributed by atoms with Crippen molar-refractivity contribution in [1.29, 1.82) is 0 Å². The second kappa shape index (κ2) is 6.17. The molecule has 21 heavy (non-hydrogen) atoms. The van der Waals surface area contributed by atoms with Gasteiger partial charge in [0, 0.05) is 0 Å². The van der Waals surface area contributed by atoms with Gasteiger partial charge in [0.05, 0.1) is 11.8 Å². The molecule has 0 unspecified atom stereocenters. The summed E-state index contributed by atoms with van der Waals surface area (Å²) in [7, 11) is 0. The molecule has 0 bridgehead atoms. The Hall–Kier alpha value is -2.69. The Labute approximate surface area is 121 Å². The Morgan fingerprint density at radius 1 is 1.24 bits per heavy atom. The van der Waals surface area contributed by atoms with Gasteiger partial charge in [-0.1, -0.05) is 12.1 Å². The molecule has 0 saturated carbocycles. The SMILES string of the molecule is Cc1cc(/C=N\NC(=O)c2ccccc2F)cc(C)c1O. The largest absolute Gasteiger partial charge is 0.507 e. The lowest BCUT2D eigenvalue weighted by Crippen LogP contribution is -2.18. The van der Waals surface area contributed by atoms with Crippen LogP contribution in [0.25, 0.3) is 0 Å². The summed E-state index contributed by atoms with van der Waals surface area (Å²) in [6.45, 7) is 3.55. The molecule has 4 nitrogen and oxygen atoms in total. The topological polar surface area (TPSA) is 61.7 Å². The Kier molecular flexibility index (Phi) is 4.33. The molecule has 2 aromatic carbocycles. The van der Waals surface area contributed by atoms with Crippen molar-refractivity contribution in [1.82, 2.24) is 5.43 Å². The number of hydrogen-bond acceptors (Lipinski definition) is 3. The highest BCUT2D eigenvalue weighted by Gasteiger charge is 2.09. The van der Waals surface area contributed by atoms with Crippen LogP contribution in [0.2, 0.25) is 0 Å². The molecule has 0 aliphatic rings. The molecule has 0 spiro atoms. The molecule has 0 aliphatic carbocycles. The van der Waals surface area contributed by atoms with E-state index < -0.39 is 11.7 Å². The van der Waals surface area contributed by atoms with E-state index in [1.54, 1.807) is 32.0 Å². The van der Waals surface area contributed by atoms with E-state index in [9.17, 15) is 14.3 Å². The van der Waals surface area contributed by atoms with Gasteiger partial charge < -0.3 is 5.11 Å². The molecule has 1 amide bonds. The van der Waals surface area contributed by atoms with Crippen LogP contribution in [0.4, 0.5) is 4.39 Å². The summed E-state index contributed by atoms with van der Waals surface area (Å²) in [6, 6.07) is 9.16. The predicted octanol–water partition coefficient (Wildman–Crippen LogP) is 2.91. The molecule has 0 heterocycles. The number of carbonyl (C=O) groups is 1. The first kappa shape index (κ1) is 14.7. The number of halogens is 1. The fraction of sp³-hybridized carbons (Fsp3) is 0.125. The van der Waals surface area contributed by atoms with E-state index in [4.69, 9.17) is 0 Å². The van der Waals surface area contributed by atoms with Crippen LogP contribution in [0.15, 0.2) is 41.5 Å². The number of amides is 1. The molecule has 2 N–H and O–H groups in total. The van der Waals surface area contributed by atoms with Crippen molar-refractivity contribution < 1.29 is 14.3 Å². The van der Waals surface area contributed by atoms with Crippen molar-refractivity contribution in [2.24, 2.45) is 5.10 Å². The normalized spacial score (nSPS) is 10.8. The number of nitrogens with zero attached hydrogens (tertiary/aromatic N) is 1. The maximum Gasteiger partial charge on any atom is 0.274 e. The van der Waals surface area contributed by atoms with Crippen molar-refractivity contribution in [3.8, 4) is 5.75 Å². The van der Waals surface area contributed by atoms with E-state index in [1.807, 2.05) is 0 Å². The minimum atomic E-state index is -0.614. The Morgan fingerprint density at radius 2 is 1.86 bits per heavy atom. The summed E-state index contributed by atoms with van der Waals surface area (Å²) >= 11 is 0. The summed E-state index contributed by atoms with van der Waals surface area (Å²) in [4.78, 5) is 11.7. The maximum atomic E-state index is 13.4. The lowest BCUT2D eigenvalue weighted by molar-refractivity contribution is 0.0951. The molecular weight excluding hydrogens is 271 g/mol. The van der Waals surface area contributed by atoms with E-state index in [0.717, 1.165) is 16.7 Å². The zero-order valence-corrected chi connectivity index (χ0v) is 11.7. The standard InChI is InChI=1S/C16H15FN2O2/c1-10-7-12(8-11(2)15(10)20)9-18-19-16(21)13-5-3-4-6-14(13)17/h3-9,20H,1-2H3,(H,19,21)/b18-9-. The lowest BCUT2D eigenvalue weighted by Gasteiger charge is -2.04. The number of hydrazone groups is 1. The van der Waals surface area contributed by atoms with E-state index in [1.165, 1.54) is 24.4 Å². The first-order valence-corrected chi connectivity index (χ1v) is 6.37. The highest BCUT2D eigenvalue weighted by molar-refractivity contribution is 5.95. The van der Waals surface area contributed by atoms with Crippen molar-refractivity contribution in [2.45, 2.75) is 13.8 Å². The van der Waals surface area contributed by atoms with Gasteiger partial charge in [-0.2, -0.15) is 5.10 Å². The van der Waals surface area contributed by atoms with Crippen molar-refractivity contribution in [3.05, 3.63) is 64.5 Å². The molecular formula is C16H15FN2O2. The number of phenolic OH excluding ortho intramolecular Hbond substituents is 1. The highest BCUT2D eigenvalue weighted by Crippen LogP contribution is 2.21. The second-order valence-electron chi connectivity index (χ2n) is 4.68. The maximum absolute atomic E-state index is 13.4. The minimum absolute atomic E-state index is 0.0623. The first-order valence-electron chi connectivity index (χ1n) is 6.37. The molecule has 0 saturated heterocycles. The smallest absolute Gasteiger partial charge is 0.274 e. The molecule has 5 heteroatoms. The van der Waals surface area contributed by atoms with E-state index in [-0.39, 0.29) is 11.3 Å². The Balaban J connectivity index is 2.10. The Morgan fingerprint density at radius 3 is 2.48 bits per heavy atom.